The number of amides is 1. The first-order valence-corrected chi connectivity index (χ1v) is 10.5. The number of carbonyl (C=O) groups is 2. The second-order valence-corrected chi connectivity index (χ2v) is 8.34. The van der Waals surface area contributed by atoms with E-state index in [2.05, 4.69) is 4.90 Å². The summed E-state index contributed by atoms with van der Waals surface area (Å²) in [5.41, 5.74) is 1.05. The zero-order chi connectivity index (χ0) is 19.5. The summed E-state index contributed by atoms with van der Waals surface area (Å²) in [6.45, 7) is 2.60. The summed E-state index contributed by atoms with van der Waals surface area (Å²) in [6, 6.07) is 7.92. The number of benzene rings is 1. The van der Waals surface area contributed by atoms with Crippen molar-refractivity contribution in [1.29, 1.82) is 0 Å². The van der Waals surface area contributed by atoms with Gasteiger partial charge in [0.2, 0.25) is 0 Å². The van der Waals surface area contributed by atoms with Crippen LogP contribution in [0.2, 0.25) is 0 Å². The van der Waals surface area contributed by atoms with E-state index in [9.17, 15) is 9.59 Å². The van der Waals surface area contributed by atoms with Crippen LogP contribution in [0.4, 0.5) is 5.69 Å². The summed E-state index contributed by atoms with van der Waals surface area (Å²) in [5.74, 6) is 2.54. The zero-order valence-electron chi connectivity index (χ0n) is 16.6. The smallest absolute Gasteiger partial charge is 0.306 e. The van der Waals surface area contributed by atoms with E-state index in [0.717, 1.165) is 30.4 Å². The Morgan fingerprint density at radius 1 is 1.07 bits per heavy atom. The monoisotopic (exact) mass is 386 g/mol. The summed E-state index contributed by atoms with van der Waals surface area (Å²) in [4.78, 5) is 28.6. The summed E-state index contributed by atoms with van der Waals surface area (Å²) in [7, 11) is 1.67. The molecule has 28 heavy (non-hydrogen) atoms. The van der Waals surface area contributed by atoms with Gasteiger partial charge in [0, 0.05) is 32.6 Å². The molecular weight excluding hydrogens is 356 g/mol. The molecule has 3 aliphatic rings. The third kappa shape index (κ3) is 4.10. The molecule has 2 saturated carbocycles. The highest BCUT2D eigenvalue weighted by Crippen LogP contribution is 2.49. The average Bonchev–Trinajstić information content (AvgIpc) is 3.35. The molecule has 6 nitrogen and oxygen atoms in total. The fourth-order valence-electron chi connectivity index (χ4n) is 5.22. The van der Waals surface area contributed by atoms with Gasteiger partial charge in [-0.15, -0.1) is 0 Å². The van der Waals surface area contributed by atoms with E-state index in [-0.39, 0.29) is 18.5 Å². The molecular formula is C22H30N2O4. The van der Waals surface area contributed by atoms with Crippen molar-refractivity contribution in [2.45, 2.75) is 32.1 Å². The summed E-state index contributed by atoms with van der Waals surface area (Å²) >= 11 is 0. The van der Waals surface area contributed by atoms with Gasteiger partial charge < -0.3 is 19.3 Å². The minimum Gasteiger partial charge on any atom is -0.495 e. The minimum absolute atomic E-state index is 0.0963. The van der Waals surface area contributed by atoms with Gasteiger partial charge >= 0.3 is 5.97 Å². The molecule has 1 heterocycles. The molecule has 1 aromatic carbocycles. The highest BCUT2D eigenvalue weighted by Gasteiger charge is 2.40. The second kappa shape index (κ2) is 8.41. The van der Waals surface area contributed by atoms with Crippen LogP contribution in [0.1, 0.15) is 32.1 Å². The highest BCUT2D eigenvalue weighted by molar-refractivity contribution is 5.81. The lowest BCUT2D eigenvalue weighted by atomic mass is 9.86. The van der Waals surface area contributed by atoms with Crippen molar-refractivity contribution in [1.82, 2.24) is 4.90 Å². The van der Waals surface area contributed by atoms with Crippen LogP contribution < -0.4 is 9.64 Å². The van der Waals surface area contributed by atoms with Gasteiger partial charge in [0.05, 0.1) is 12.8 Å². The van der Waals surface area contributed by atoms with Crippen LogP contribution in [0.25, 0.3) is 0 Å². The molecule has 3 atom stereocenters. The summed E-state index contributed by atoms with van der Waals surface area (Å²) < 4.78 is 10.7. The van der Waals surface area contributed by atoms with Gasteiger partial charge in [0.1, 0.15) is 5.75 Å². The molecule has 0 N–H and O–H groups in total. The summed E-state index contributed by atoms with van der Waals surface area (Å²) in [5, 5.41) is 0. The number of para-hydroxylation sites is 2. The first-order valence-electron chi connectivity index (χ1n) is 10.5. The van der Waals surface area contributed by atoms with Crippen LogP contribution in [-0.2, 0) is 14.3 Å². The van der Waals surface area contributed by atoms with Gasteiger partial charge in [-0.1, -0.05) is 18.6 Å². The maximum Gasteiger partial charge on any atom is 0.306 e. The van der Waals surface area contributed by atoms with Crippen molar-refractivity contribution >= 4 is 17.6 Å². The van der Waals surface area contributed by atoms with Gasteiger partial charge in [-0.2, -0.15) is 0 Å². The molecule has 1 amide bonds. The number of nitrogens with zero attached hydrogens (tertiary/aromatic N) is 2. The quantitative estimate of drug-likeness (QED) is 0.704. The third-order valence-electron chi connectivity index (χ3n) is 6.73. The van der Waals surface area contributed by atoms with Gasteiger partial charge in [-0.05, 0) is 49.1 Å². The van der Waals surface area contributed by atoms with E-state index in [1.165, 1.54) is 25.7 Å². The molecule has 6 heteroatoms. The lowest BCUT2D eigenvalue weighted by molar-refractivity contribution is -0.153. The van der Waals surface area contributed by atoms with Gasteiger partial charge in [-0.25, -0.2) is 0 Å². The number of rotatable bonds is 6. The molecule has 0 aromatic heterocycles. The summed E-state index contributed by atoms with van der Waals surface area (Å²) in [6.07, 6.45) is 5.52. The van der Waals surface area contributed by atoms with Crippen molar-refractivity contribution in [2.24, 2.45) is 17.8 Å². The fraction of sp³-hybridized carbons (Fsp3) is 0.636. The van der Waals surface area contributed by atoms with Crippen LogP contribution in [0.5, 0.6) is 5.75 Å². The van der Waals surface area contributed by atoms with Crippen molar-refractivity contribution in [2.75, 3.05) is 44.8 Å². The molecule has 1 saturated heterocycles. The number of methoxy groups -OCH3 is 1. The van der Waals surface area contributed by atoms with E-state index in [1.54, 1.807) is 12.0 Å². The maximum absolute atomic E-state index is 12.4. The average molecular weight is 386 g/mol. The number of esters is 1. The number of piperazine rings is 1. The van der Waals surface area contributed by atoms with Gasteiger partial charge in [0.25, 0.3) is 5.91 Å². The van der Waals surface area contributed by atoms with E-state index >= 15 is 0 Å². The van der Waals surface area contributed by atoms with Crippen LogP contribution >= 0.6 is 0 Å². The Morgan fingerprint density at radius 3 is 2.54 bits per heavy atom. The van der Waals surface area contributed by atoms with Crippen LogP contribution in [0.3, 0.4) is 0 Å². The van der Waals surface area contributed by atoms with Crippen LogP contribution in [-0.4, -0.2) is 56.7 Å². The standard InChI is InChI=1S/C22H30N2O4/c1-27-20-5-3-2-4-19(20)23-8-10-24(11-9-23)21(25)15-28-22(26)14-18-13-16-6-7-17(18)12-16/h2-5,16-18H,6-15H2,1H3/t16-,17-,18-/m1/s1. The number of anilines is 1. The number of fused-ring (bicyclic) bond motifs is 2. The Balaban J connectivity index is 1.20. The van der Waals surface area contributed by atoms with E-state index in [1.807, 2.05) is 24.3 Å². The van der Waals surface area contributed by atoms with E-state index < -0.39 is 0 Å². The number of ether oxygens (including phenoxy) is 2. The number of carbonyl (C=O) groups excluding carboxylic acids is 2. The SMILES string of the molecule is COc1ccccc1N1CCN(C(=O)COC(=O)C[C@H]2C[C@@H]3CC[C@@H]2C3)CC1. The van der Waals surface area contributed by atoms with Crippen molar-refractivity contribution in [3.8, 4) is 5.75 Å². The van der Waals surface area contributed by atoms with Crippen LogP contribution in [0, 0.1) is 17.8 Å². The van der Waals surface area contributed by atoms with Crippen molar-refractivity contribution in [3.63, 3.8) is 0 Å². The predicted molar refractivity (Wildman–Crippen MR) is 106 cm³/mol. The molecule has 0 spiro atoms. The molecule has 3 fully saturated rings. The molecule has 2 bridgehead atoms. The molecule has 0 radical (unpaired) electrons. The second-order valence-electron chi connectivity index (χ2n) is 8.34. The highest BCUT2D eigenvalue weighted by atomic mass is 16.5. The molecule has 152 valence electrons. The first-order chi connectivity index (χ1) is 13.6. The molecule has 4 rings (SSSR count). The Kier molecular flexibility index (Phi) is 5.74. The van der Waals surface area contributed by atoms with Gasteiger partial charge in [0.15, 0.2) is 6.61 Å². The predicted octanol–water partition coefficient (Wildman–Crippen LogP) is 2.71. The van der Waals surface area contributed by atoms with Crippen molar-refractivity contribution < 1.29 is 19.1 Å². The maximum atomic E-state index is 12.4. The fourth-order valence-corrected chi connectivity index (χ4v) is 5.22. The van der Waals surface area contributed by atoms with E-state index in [4.69, 9.17) is 9.47 Å². The molecule has 2 aliphatic carbocycles. The lowest BCUT2D eigenvalue weighted by Gasteiger charge is -2.36. The van der Waals surface area contributed by atoms with Crippen molar-refractivity contribution in [3.05, 3.63) is 24.3 Å². The molecule has 0 unspecified atom stereocenters. The topological polar surface area (TPSA) is 59.1 Å². The molecule has 1 aliphatic heterocycles. The number of hydrogen-bond acceptors (Lipinski definition) is 5. The number of hydrogen-bond donors (Lipinski definition) is 0. The van der Waals surface area contributed by atoms with Gasteiger partial charge in [-0.3, -0.25) is 9.59 Å². The van der Waals surface area contributed by atoms with E-state index in [0.29, 0.717) is 31.3 Å². The molecule has 1 aromatic rings. The Morgan fingerprint density at radius 2 is 1.86 bits per heavy atom. The van der Waals surface area contributed by atoms with Crippen LogP contribution in [0.15, 0.2) is 24.3 Å². The minimum atomic E-state index is -0.210. The third-order valence-corrected chi connectivity index (χ3v) is 6.73. The Bertz CT molecular complexity index is 714. The Hall–Kier alpha value is -2.24. The zero-order valence-corrected chi connectivity index (χ0v) is 16.6. The largest absolute Gasteiger partial charge is 0.495 e. The lowest BCUT2D eigenvalue weighted by Crippen LogP contribution is -2.50. The normalized spacial score (nSPS) is 26.4. The Labute approximate surface area is 166 Å². The first kappa shape index (κ1) is 19.1.